The summed E-state index contributed by atoms with van der Waals surface area (Å²) in [5.74, 6) is 0.639. The van der Waals surface area contributed by atoms with E-state index in [2.05, 4.69) is 4.98 Å². The van der Waals surface area contributed by atoms with Gasteiger partial charge in [-0.05, 0) is 35.9 Å². The van der Waals surface area contributed by atoms with Gasteiger partial charge in [0.25, 0.3) is 0 Å². The summed E-state index contributed by atoms with van der Waals surface area (Å²) >= 11 is 7.62. The topological polar surface area (TPSA) is 57.7 Å². The van der Waals surface area contributed by atoms with Crippen LogP contribution in [0, 0.1) is 0 Å². The molecule has 25 heavy (non-hydrogen) atoms. The zero-order chi connectivity index (χ0) is 17.2. The summed E-state index contributed by atoms with van der Waals surface area (Å²) in [5.41, 5.74) is 1.63. The van der Waals surface area contributed by atoms with Crippen LogP contribution >= 0.6 is 22.9 Å². The monoisotopic (exact) mass is 373 g/mol. The number of carbonyl (C=O) groups excluding carboxylic acids is 1. The van der Waals surface area contributed by atoms with Crippen LogP contribution < -0.4 is 9.47 Å². The van der Waals surface area contributed by atoms with Gasteiger partial charge in [0.1, 0.15) is 11.6 Å². The molecule has 0 aliphatic carbocycles. The number of hydrogen-bond donors (Lipinski definition) is 0. The normalized spacial score (nSPS) is 12.8. The number of aromatic nitrogens is 1. The number of benzene rings is 2. The first kappa shape index (κ1) is 15.9. The first-order valence-electron chi connectivity index (χ1n) is 7.47. The van der Waals surface area contributed by atoms with Crippen LogP contribution in [0.4, 0.5) is 0 Å². The molecular formula is C18H12ClNO4S. The standard InChI is InChI=1S/C18H12ClNO4S/c19-12-7-11(8-14-18(12)24-10-23-14)5-6-17(21)22-9-16-20-13-3-1-2-4-15(13)25-16/h1-8H,9-10H2/b6-5+. The van der Waals surface area contributed by atoms with Crippen molar-refractivity contribution >= 4 is 45.2 Å². The lowest BCUT2D eigenvalue weighted by Gasteiger charge is -2.01. The van der Waals surface area contributed by atoms with Crippen LogP contribution in [0.3, 0.4) is 0 Å². The highest BCUT2D eigenvalue weighted by Crippen LogP contribution is 2.40. The van der Waals surface area contributed by atoms with E-state index in [1.165, 1.54) is 17.4 Å². The Morgan fingerprint density at radius 1 is 1.32 bits per heavy atom. The Labute approximate surface area is 152 Å². The van der Waals surface area contributed by atoms with Crippen LogP contribution in [-0.2, 0) is 16.1 Å². The van der Waals surface area contributed by atoms with Gasteiger partial charge >= 0.3 is 5.97 Å². The fourth-order valence-electron chi connectivity index (χ4n) is 2.41. The summed E-state index contributed by atoms with van der Waals surface area (Å²) in [7, 11) is 0. The van der Waals surface area contributed by atoms with Crippen molar-refractivity contribution in [1.29, 1.82) is 0 Å². The zero-order valence-corrected chi connectivity index (χ0v) is 14.5. The summed E-state index contributed by atoms with van der Waals surface area (Å²) < 4.78 is 16.8. The number of rotatable bonds is 4. The predicted molar refractivity (Wildman–Crippen MR) is 96.0 cm³/mol. The van der Waals surface area contributed by atoms with Crippen LogP contribution in [0.1, 0.15) is 10.6 Å². The first-order valence-corrected chi connectivity index (χ1v) is 8.67. The second-order valence-corrected chi connectivity index (χ2v) is 6.78. The van der Waals surface area contributed by atoms with E-state index in [4.69, 9.17) is 25.8 Å². The number of esters is 1. The average Bonchev–Trinajstić information content (AvgIpc) is 3.24. The van der Waals surface area contributed by atoms with E-state index in [0.29, 0.717) is 16.5 Å². The van der Waals surface area contributed by atoms with Gasteiger partial charge in [-0.1, -0.05) is 23.7 Å². The molecular weight excluding hydrogens is 362 g/mol. The number of thiazole rings is 1. The quantitative estimate of drug-likeness (QED) is 0.500. The number of para-hydroxylation sites is 1. The predicted octanol–water partition coefficient (Wildman–Crippen LogP) is 4.44. The van der Waals surface area contributed by atoms with Crippen molar-refractivity contribution in [3.63, 3.8) is 0 Å². The highest BCUT2D eigenvalue weighted by molar-refractivity contribution is 7.18. The van der Waals surface area contributed by atoms with E-state index in [9.17, 15) is 4.79 Å². The molecule has 126 valence electrons. The molecule has 0 amide bonds. The van der Waals surface area contributed by atoms with Gasteiger partial charge in [-0.15, -0.1) is 11.3 Å². The van der Waals surface area contributed by atoms with Gasteiger partial charge in [0.05, 0.1) is 15.2 Å². The summed E-state index contributed by atoms with van der Waals surface area (Å²) in [6.07, 6.45) is 2.97. The third-order valence-corrected chi connectivity index (χ3v) is 4.83. The van der Waals surface area contributed by atoms with Gasteiger partial charge in [-0.3, -0.25) is 0 Å². The molecule has 0 bridgehead atoms. The molecule has 0 atom stereocenters. The van der Waals surface area contributed by atoms with Crippen molar-refractivity contribution in [1.82, 2.24) is 4.98 Å². The molecule has 5 nitrogen and oxygen atoms in total. The summed E-state index contributed by atoms with van der Waals surface area (Å²) in [4.78, 5) is 16.3. The minimum Gasteiger partial charge on any atom is -0.455 e. The Balaban J connectivity index is 1.40. The fraction of sp³-hybridized carbons (Fsp3) is 0.111. The molecule has 2 aromatic carbocycles. The molecule has 0 saturated heterocycles. The van der Waals surface area contributed by atoms with Crippen LogP contribution in [0.5, 0.6) is 11.5 Å². The van der Waals surface area contributed by atoms with E-state index < -0.39 is 5.97 Å². The number of nitrogens with zero attached hydrogens (tertiary/aromatic N) is 1. The zero-order valence-electron chi connectivity index (χ0n) is 12.9. The Morgan fingerprint density at radius 2 is 2.20 bits per heavy atom. The maximum atomic E-state index is 11.9. The van der Waals surface area contributed by atoms with Crippen LogP contribution in [-0.4, -0.2) is 17.7 Å². The number of halogens is 1. The smallest absolute Gasteiger partial charge is 0.331 e. The molecule has 1 aromatic heterocycles. The van der Waals surface area contributed by atoms with Gasteiger partial charge in [-0.2, -0.15) is 0 Å². The minimum absolute atomic E-state index is 0.143. The molecule has 0 fully saturated rings. The van der Waals surface area contributed by atoms with Crippen molar-refractivity contribution in [3.05, 3.63) is 58.1 Å². The molecule has 0 unspecified atom stereocenters. The molecule has 1 aliphatic rings. The Hall–Kier alpha value is -2.57. The summed E-state index contributed by atoms with van der Waals surface area (Å²) in [6, 6.07) is 11.3. The lowest BCUT2D eigenvalue weighted by atomic mass is 10.2. The second-order valence-electron chi connectivity index (χ2n) is 5.25. The third kappa shape index (κ3) is 3.45. The first-order chi connectivity index (χ1) is 12.2. The lowest BCUT2D eigenvalue weighted by molar-refractivity contribution is -0.138. The molecule has 0 saturated carbocycles. The van der Waals surface area contributed by atoms with E-state index in [1.807, 2.05) is 24.3 Å². The van der Waals surface area contributed by atoms with E-state index in [-0.39, 0.29) is 13.4 Å². The van der Waals surface area contributed by atoms with Crippen molar-refractivity contribution < 1.29 is 19.0 Å². The molecule has 0 N–H and O–H groups in total. The number of fused-ring (bicyclic) bond motifs is 2. The molecule has 2 heterocycles. The van der Waals surface area contributed by atoms with Gasteiger partial charge in [0, 0.05) is 6.08 Å². The minimum atomic E-state index is -0.451. The second kappa shape index (κ2) is 6.74. The molecule has 0 spiro atoms. The molecule has 1 aliphatic heterocycles. The number of ether oxygens (including phenoxy) is 3. The average molecular weight is 374 g/mol. The van der Waals surface area contributed by atoms with Gasteiger partial charge < -0.3 is 14.2 Å². The number of hydrogen-bond acceptors (Lipinski definition) is 6. The van der Waals surface area contributed by atoms with E-state index >= 15 is 0 Å². The third-order valence-electron chi connectivity index (χ3n) is 3.54. The largest absolute Gasteiger partial charge is 0.455 e. The van der Waals surface area contributed by atoms with Crippen LogP contribution in [0.2, 0.25) is 5.02 Å². The fourth-order valence-corrected chi connectivity index (χ4v) is 3.56. The Bertz CT molecular complexity index is 949. The Kier molecular flexibility index (Phi) is 4.29. The highest BCUT2D eigenvalue weighted by Gasteiger charge is 2.17. The molecule has 4 rings (SSSR count). The van der Waals surface area contributed by atoms with E-state index in [1.54, 1.807) is 18.2 Å². The van der Waals surface area contributed by atoms with Crippen molar-refractivity contribution in [2.75, 3.05) is 6.79 Å². The summed E-state index contributed by atoms with van der Waals surface area (Å²) in [5, 5.41) is 1.20. The molecule has 7 heteroatoms. The van der Waals surface area contributed by atoms with Crippen molar-refractivity contribution in [2.24, 2.45) is 0 Å². The SMILES string of the molecule is O=C(/C=C/c1cc(Cl)c2c(c1)OCO2)OCc1nc2ccccc2s1. The maximum Gasteiger partial charge on any atom is 0.331 e. The van der Waals surface area contributed by atoms with Gasteiger partial charge in [0.15, 0.2) is 11.5 Å². The van der Waals surface area contributed by atoms with E-state index in [0.717, 1.165) is 20.8 Å². The highest BCUT2D eigenvalue weighted by atomic mass is 35.5. The van der Waals surface area contributed by atoms with Gasteiger partial charge in [-0.25, -0.2) is 9.78 Å². The van der Waals surface area contributed by atoms with Crippen LogP contribution in [0.15, 0.2) is 42.5 Å². The van der Waals surface area contributed by atoms with Crippen LogP contribution in [0.25, 0.3) is 16.3 Å². The number of carbonyl (C=O) groups is 1. The van der Waals surface area contributed by atoms with Gasteiger partial charge in [0.2, 0.25) is 6.79 Å². The van der Waals surface area contributed by atoms with Crippen molar-refractivity contribution in [2.45, 2.75) is 6.61 Å². The lowest BCUT2D eigenvalue weighted by Crippen LogP contribution is -2.00. The molecule has 0 radical (unpaired) electrons. The maximum absolute atomic E-state index is 11.9. The molecule has 3 aromatic rings. The summed E-state index contributed by atoms with van der Waals surface area (Å²) in [6.45, 7) is 0.289. The van der Waals surface area contributed by atoms with Crippen molar-refractivity contribution in [3.8, 4) is 11.5 Å². The Morgan fingerprint density at radius 3 is 3.08 bits per heavy atom.